The van der Waals surface area contributed by atoms with Crippen molar-refractivity contribution in [3.63, 3.8) is 0 Å². The zero-order valence-corrected chi connectivity index (χ0v) is 17.2. The molecule has 116 valence electrons. The zero-order chi connectivity index (χ0) is 16.2. The van der Waals surface area contributed by atoms with E-state index < -0.39 is 5.91 Å². The predicted octanol–water partition coefficient (Wildman–Crippen LogP) is 1.14. The molecular formula is C12H13I3N2O4. The summed E-state index contributed by atoms with van der Waals surface area (Å²) in [5, 5.41) is 18.4. The Morgan fingerprint density at radius 1 is 1.00 bits per heavy atom. The molecule has 0 aliphatic carbocycles. The molecule has 6 nitrogen and oxygen atoms in total. The maximum Gasteiger partial charge on any atom is 0.261 e. The van der Waals surface area contributed by atoms with E-state index in [-0.39, 0.29) is 37.5 Å². The van der Waals surface area contributed by atoms with Gasteiger partial charge in [-0.1, -0.05) is 0 Å². The van der Waals surface area contributed by atoms with Crippen molar-refractivity contribution in [1.82, 2.24) is 3.53 Å². The molecule has 9 heteroatoms. The Balaban J connectivity index is 3.79. The normalized spacial score (nSPS) is 10.5. The first-order chi connectivity index (χ1) is 9.90. The minimum atomic E-state index is -0.640. The van der Waals surface area contributed by atoms with Gasteiger partial charge in [0.05, 0.1) is 34.0 Å². The number of halogens is 3. The standard InChI is InChI=1S/C12H13I3N2O4/c13-9-5(1-3-18)7(11(16)20)10(14)8(12(21)17-15)6(9)2-4-19/h18-19H,1-4H2,(H2,16,20)(H,17,21). The highest BCUT2D eigenvalue weighted by Crippen LogP contribution is 2.32. The molecule has 0 spiro atoms. The first-order valence-electron chi connectivity index (χ1n) is 5.85. The van der Waals surface area contributed by atoms with Gasteiger partial charge in [-0.05, 0) is 69.2 Å². The lowest BCUT2D eigenvalue weighted by atomic mass is 9.94. The molecule has 1 rings (SSSR count). The Labute approximate surface area is 163 Å². The van der Waals surface area contributed by atoms with E-state index in [2.05, 4.69) is 3.53 Å². The van der Waals surface area contributed by atoms with Gasteiger partial charge in [-0.15, -0.1) is 0 Å². The van der Waals surface area contributed by atoms with Crippen LogP contribution in [-0.4, -0.2) is 35.2 Å². The Bertz CT molecular complexity index is 578. The lowest BCUT2D eigenvalue weighted by molar-refractivity contribution is 0.0987. The second kappa shape index (κ2) is 8.79. The number of primary amides is 1. The van der Waals surface area contributed by atoms with Gasteiger partial charge in [0.25, 0.3) is 5.91 Å². The fourth-order valence-electron chi connectivity index (χ4n) is 2.03. The van der Waals surface area contributed by atoms with E-state index in [0.717, 1.165) is 0 Å². The highest BCUT2D eigenvalue weighted by atomic mass is 127. The van der Waals surface area contributed by atoms with Crippen LogP contribution >= 0.6 is 68.0 Å². The average Bonchev–Trinajstić information content (AvgIpc) is 2.43. The van der Waals surface area contributed by atoms with Crippen LogP contribution in [-0.2, 0) is 12.8 Å². The largest absolute Gasteiger partial charge is 0.396 e. The summed E-state index contributed by atoms with van der Waals surface area (Å²) < 4.78 is 3.63. The fraction of sp³-hybridized carbons (Fsp3) is 0.333. The third-order valence-electron chi connectivity index (χ3n) is 2.86. The first kappa shape index (κ1) is 19.3. The highest BCUT2D eigenvalue weighted by molar-refractivity contribution is 14.1. The molecule has 0 saturated heterocycles. The van der Waals surface area contributed by atoms with E-state index in [1.165, 1.54) is 0 Å². The second-order valence-corrected chi connectivity index (χ2v) is 6.77. The number of benzene rings is 1. The number of carbonyl (C=O) groups is 2. The Kier molecular flexibility index (Phi) is 8.08. The molecule has 2 amide bonds. The lowest BCUT2D eigenvalue weighted by Crippen LogP contribution is -2.25. The van der Waals surface area contributed by atoms with Crippen molar-refractivity contribution in [3.8, 4) is 0 Å². The number of nitrogens with one attached hydrogen (secondary N) is 1. The van der Waals surface area contributed by atoms with Gasteiger partial charge in [-0.3, -0.25) is 13.1 Å². The molecule has 0 bridgehead atoms. The van der Waals surface area contributed by atoms with Crippen molar-refractivity contribution >= 4 is 79.9 Å². The van der Waals surface area contributed by atoms with Crippen molar-refractivity contribution in [1.29, 1.82) is 0 Å². The molecule has 0 heterocycles. The number of carbonyl (C=O) groups excluding carboxylic acids is 2. The topological polar surface area (TPSA) is 113 Å². The van der Waals surface area contributed by atoms with Gasteiger partial charge in [0.2, 0.25) is 5.91 Å². The summed E-state index contributed by atoms with van der Waals surface area (Å²) in [4.78, 5) is 23.9. The molecule has 1 aromatic carbocycles. The summed E-state index contributed by atoms with van der Waals surface area (Å²) in [5.41, 5.74) is 7.31. The van der Waals surface area contributed by atoms with Crippen molar-refractivity contribution in [2.45, 2.75) is 12.8 Å². The molecule has 0 aliphatic rings. The number of hydrogen-bond acceptors (Lipinski definition) is 4. The Morgan fingerprint density at radius 2 is 1.48 bits per heavy atom. The van der Waals surface area contributed by atoms with E-state index in [0.29, 0.717) is 23.8 Å². The minimum absolute atomic E-state index is 0.123. The van der Waals surface area contributed by atoms with Gasteiger partial charge in [0, 0.05) is 20.4 Å². The molecule has 0 atom stereocenters. The molecule has 0 radical (unpaired) electrons. The zero-order valence-electron chi connectivity index (χ0n) is 10.8. The smallest absolute Gasteiger partial charge is 0.261 e. The number of rotatable bonds is 6. The third kappa shape index (κ3) is 4.17. The van der Waals surface area contributed by atoms with Gasteiger partial charge in [0.15, 0.2) is 0 Å². The van der Waals surface area contributed by atoms with Crippen LogP contribution in [0.3, 0.4) is 0 Å². The van der Waals surface area contributed by atoms with Crippen LogP contribution < -0.4 is 9.26 Å². The van der Waals surface area contributed by atoms with Crippen LogP contribution in [0.5, 0.6) is 0 Å². The average molecular weight is 630 g/mol. The molecule has 0 saturated carbocycles. The molecule has 5 N–H and O–H groups in total. The summed E-state index contributed by atoms with van der Waals surface area (Å²) >= 11 is 5.65. The molecule has 0 fully saturated rings. The number of aliphatic hydroxyl groups excluding tert-OH is 2. The van der Waals surface area contributed by atoms with Crippen LogP contribution in [0.2, 0.25) is 0 Å². The first-order valence-corrected chi connectivity index (χ1v) is 9.09. The maximum absolute atomic E-state index is 12.1. The summed E-state index contributed by atoms with van der Waals surface area (Å²) in [7, 11) is 0. The molecule has 1 aromatic rings. The van der Waals surface area contributed by atoms with Crippen molar-refractivity contribution < 1.29 is 19.8 Å². The van der Waals surface area contributed by atoms with Gasteiger partial charge < -0.3 is 15.9 Å². The van der Waals surface area contributed by atoms with E-state index in [1.807, 2.05) is 45.2 Å². The molecule has 0 unspecified atom stereocenters. The van der Waals surface area contributed by atoms with Crippen LogP contribution in [0.25, 0.3) is 0 Å². The summed E-state index contributed by atoms with van der Waals surface area (Å²) in [6.45, 7) is -0.259. The van der Waals surface area contributed by atoms with Crippen LogP contribution in [0.15, 0.2) is 0 Å². The van der Waals surface area contributed by atoms with Gasteiger partial charge in [-0.2, -0.15) is 0 Å². The number of hydrogen-bond donors (Lipinski definition) is 4. The summed E-state index contributed by atoms with van der Waals surface area (Å²) in [5.74, 6) is -0.988. The minimum Gasteiger partial charge on any atom is -0.396 e. The van der Waals surface area contributed by atoms with Gasteiger partial charge in [-0.25, -0.2) is 0 Å². The molecule has 0 aliphatic heterocycles. The van der Waals surface area contributed by atoms with Crippen molar-refractivity contribution in [3.05, 3.63) is 29.4 Å². The maximum atomic E-state index is 12.1. The fourth-order valence-corrected chi connectivity index (χ4v) is 4.54. The van der Waals surface area contributed by atoms with Crippen LogP contribution in [0.1, 0.15) is 31.8 Å². The molecular weight excluding hydrogens is 617 g/mol. The van der Waals surface area contributed by atoms with E-state index in [4.69, 9.17) is 5.73 Å². The molecule has 21 heavy (non-hydrogen) atoms. The van der Waals surface area contributed by atoms with E-state index >= 15 is 0 Å². The van der Waals surface area contributed by atoms with Gasteiger partial charge in [0.1, 0.15) is 0 Å². The third-order valence-corrected chi connectivity index (χ3v) is 5.73. The predicted molar refractivity (Wildman–Crippen MR) is 103 cm³/mol. The van der Waals surface area contributed by atoms with E-state index in [9.17, 15) is 19.8 Å². The highest BCUT2D eigenvalue weighted by Gasteiger charge is 2.26. The Hall–Kier alpha value is 0.270. The summed E-state index contributed by atoms with van der Waals surface area (Å²) in [6, 6.07) is 0. The monoisotopic (exact) mass is 630 g/mol. The summed E-state index contributed by atoms with van der Waals surface area (Å²) in [6.07, 6.45) is 0.544. The number of amides is 2. The molecule has 0 aromatic heterocycles. The number of aliphatic hydroxyl groups is 2. The van der Waals surface area contributed by atoms with Crippen molar-refractivity contribution in [2.24, 2.45) is 5.73 Å². The number of nitrogens with two attached hydrogens (primary N) is 1. The van der Waals surface area contributed by atoms with Gasteiger partial charge >= 0.3 is 0 Å². The van der Waals surface area contributed by atoms with Crippen molar-refractivity contribution in [2.75, 3.05) is 13.2 Å². The second-order valence-electron chi connectivity index (χ2n) is 4.07. The van der Waals surface area contributed by atoms with Crippen LogP contribution in [0.4, 0.5) is 0 Å². The van der Waals surface area contributed by atoms with E-state index in [1.54, 1.807) is 22.9 Å². The SMILES string of the molecule is NC(=O)c1c(I)c(C(=O)NI)c(CCO)c(I)c1CCO. The Morgan fingerprint density at radius 3 is 1.86 bits per heavy atom. The quantitative estimate of drug-likeness (QED) is 0.279. The van der Waals surface area contributed by atoms with Crippen LogP contribution in [0, 0.1) is 7.14 Å². The lowest BCUT2D eigenvalue weighted by Gasteiger charge is -2.19.